The van der Waals surface area contributed by atoms with Crippen LogP contribution in [-0.2, 0) is 4.79 Å². The maximum Gasteiger partial charge on any atom is 0.258 e. The monoisotopic (exact) mass is 394 g/mol. The number of nitrogens with zero attached hydrogens (tertiary/aromatic N) is 3. The highest BCUT2D eigenvalue weighted by atomic mass is 16.7. The van der Waals surface area contributed by atoms with E-state index in [1.54, 1.807) is 36.5 Å². The second-order valence-electron chi connectivity index (χ2n) is 5.97. The smallest absolute Gasteiger partial charge is 0.258 e. The lowest BCUT2D eigenvalue weighted by Gasteiger charge is -2.09. The van der Waals surface area contributed by atoms with Gasteiger partial charge in [0.05, 0.1) is 12.2 Å². The normalized spacial score (nSPS) is 11.7. The molecule has 0 radical (unpaired) electrons. The van der Waals surface area contributed by atoms with Crippen molar-refractivity contribution in [3.05, 3.63) is 54.7 Å². The fourth-order valence-corrected chi connectivity index (χ4v) is 2.56. The first-order chi connectivity index (χ1) is 14.3. The van der Waals surface area contributed by atoms with Crippen molar-refractivity contribution in [1.82, 2.24) is 20.5 Å². The molecule has 9 heteroatoms. The van der Waals surface area contributed by atoms with Crippen LogP contribution in [0.1, 0.15) is 0 Å². The Morgan fingerprint density at radius 2 is 1.93 bits per heavy atom. The minimum Gasteiger partial charge on any atom is -0.484 e. The first-order valence-corrected chi connectivity index (χ1v) is 8.95. The quantitative estimate of drug-likeness (QED) is 0.577. The fraction of sp³-hybridized carbons (Fsp3) is 0.200. The Morgan fingerprint density at radius 1 is 1.00 bits per heavy atom. The lowest BCUT2D eigenvalue weighted by atomic mass is 10.2. The number of nitrogens with one attached hydrogen (secondary N) is 1. The van der Waals surface area contributed by atoms with Crippen LogP contribution in [0.2, 0.25) is 0 Å². The number of ether oxygens (including phenoxy) is 4. The van der Waals surface area contributed by atoms with Gasteiger partial charge in [0.2, 0.25) is 12.7 Å². The molecule has 0 atom stereocenters. The van der Waals surface area contributed by atoms with Crippen molar-refractivity contribution in [2.24, 2.45) is 0 Å². The number of hydrogen-bond donors (Lipinski definition) is 1. The molecule has 2 aromatic heterocycles. The number of carbonyl (C=O) groups is 1. The molecule has 4 rings (SSSR count). The molecule has 3 heterocycles. The maximum atomic E-state index is 11.9. The predicted molar refractivity (Wildman–Crippen MR) is 102 cm³/mol. The average molecular weight is 394 g/mol. The largest absolute Gasteiger partial charge is 0.484 e. The molecule has 1 N–H and O–H groups in total. The first-order valence-electron chi connectivity index (χ1n) is 8.95. The van der Waals surface area contributed by atoms with Gasteiger partial charge in [-0.05, 0) is 30.3 Å². The van der Waals surface area contributed by atoms with Gasteiger partial charge in [0.25, 0.3) is 5.91 Å². The third-order valence-electron chi connectivity index (χ3n) is 3.96. The SMILES string of the molecule is O=C(COc1ccc2c(c1)OCO2)NCCOc1ccc(-c2ccccn2)nn1. The van der Waals surface area contributed by atoms with E-state index in [-0.39, 0.29) is 25.9 Å². The Hall–Kier alpha value is -3.88. The van der Waals surface area contributed by atoms with E-state index in [0.29, 0.717) is 35.4 Å². The lowest BCUT2D eigenvalue weighted by Crippen LogP contribution is -2.32. The lowest BCUT2D eigenvalue weighted by molar-refractivity contribution is -0.123. The summed E-state index contributed by atoms with van der Waals surface area (Å²) in [4.78, 5) is 16.1. The van der Waals surface area contributed by atoms with Crippen LogP contribution in [0, 0.1) is 0 Å². The van der Waals surface area contributed by atoms with E-state index in [1.165, 1.54) is 0 Å². The van der Waals surface area contributed by atoms with Crippen LogP contribution in [0.3, 0.4) is 0 Å². The summed E-state index contributed by atoms with van der Waals surface area (Å²) in [7, 11) is 0. The van der Waals surface area contributed by atoms with E-state index in [9.17, 15) is 4.79 Å². The molecule has 148 valence electrons. The van der Waals surface area contributed by atoms with Crippen molar-refractivity contribution < 1.29 is 23.7 Å². The van der Waals surface area contributed by atoms with Gasteiger partial charge in [0, 0.05) is 18.3 Å². The van der Waals surface area contributed by atoms with Gasteiger partial charge in [-0.1, -0.05) is 6.07 Å². The van der Waals surface area contributed by atoms with E-state index in [2.05, 4.69) is 20.5 Å². The summed E-state index contributed by atoms with van der Waals surface area (Å²) < 4.78 is 21.4. The van der Waals surface area contributed by atoms with Crippen molar-refractivity contribution in [3.8, 4) is 34.5 Å². The number of aromatic nitrogens is 3. The van der Waals surface area contributed by atoms with Crippen LogP contribution in [0.4, 0.5) is 0 Å². The number of pyridine rings is 1. The molecule has 3 aromatic rings. The van der Waals surface area contributed by atoms with Gasteiger partial charge < -0.3 is 24.3 Å². The summed E-state index contributed by atoms with van der Waals surface area (Å²) in [6, 6.07) is 14.2. The zero-order chi connectivity index (χ0) is 19.9. The zero-order valence-electron chi connectivity index (χ0n) is 15.4. The standard InChI is InChI=1S/C20H18N4O5/c25-19(12-27-14-4-6-17-18(11-14)29-13-28-17)22-9-10-26-20-7-5-16(23-24-20)15-3-1-2-8-21-15/h1-8,11H,9-10,12-13H2,(H,22,25). The van der Waals surface area contributed by atoms with Gasteiger partial charge in [-0.25, -0.2) is 0 Å². The average Bonchev–Trinajstić information content (AvgIpc) is 3.24. The first kappa shape index (κ1) is 18.5. The van der Waals surface area contributed by atoms with Crippen LogP contribution in [0.15, 0.2) is 54.7 Å². The number of hydrogen-bond acceptors (Lipinski definition) is 8. The van der Waals surface area contributed by atoms with Crippen molar-refractivity contribution in [2.45, 2.75) is 0 Å². The van der Waals surface area contributed by atoms with Gasteiger partial charge in [-0.15, -0.1) is 10.2 Å². The molecule has 1 amide bonds. The van der Waals surface area contributed by atoms with E-state index < -0.39 is 0 Å². The molecule has 0 fully saturated rings. The summed E-state index contributed by atoms with van der Waals surface area (Å²) in [6.07, 6.45) is 1.69. The number of rotatable bonds is 8. The Labute approximate surface area is 166 Å². The van der Waals surface area contributed by atoms with Gasteiger partial charge in [0.15, 0.2) is 18.1 Å². The fourth-order valence-electron chi connectivity index (χ4n) is 2.56. The van der Waals surface area contributed by atoms with Crippen LogP contribution in [0.5, 0.6) is 23.1 Å². The summed E-state index contributed by atoms with van der Waals surface area (Å²) in [6.45, 7) is 0.647. The molecule has 1 aromatic carbocycles. The van der Waals surface area contributed by atoms with Gasteiger partial charge in [0.1, 0.15) is 18.1 Å². The van der Waals surface area contributed by atoms with Crippen molar-refractivity contribution >= 4 is 5.91 Å². The van der Waals surface area contributed by atoms with Crippen LogP contribution < -0.4 is 24.3 Å². The molecular formula is C20H18N4O5. The second-order valence-corrected chi connectivity index (χ2v) is 5.97. The summed E-state index contributed by atoms with van der Waals surface area (Å²) in [5.41, 5.74) is 1.40. The molecule has 0 saturated heterocycles. The van der Waals surface area contributed by atoms with Gasteiger partial charge in [-0.2, -0.15) is 0 Å². The van der Waals surface area contributed by atoms with Crippen molar-refractivity contribution in [1.29, 1.82) is 0 Å². The Balaban J connectivity index is 1.16. The van der Waals surface area contributed by atoms with E-state index >= 15 is 0 Å². The molecule has 0 bridgehead atoms. The third-order valence-corrected chi connectivity index (χ3v) is 3.96. The van der Waals surface area contributed by atoms with Gasteiger partial charge in [-0.3, -0.25) is 9.78 Å². The molecule has 0 aliphatic carbocycles. The Bertz CT molecular complexity index is 966. The molecule has 0 spiro atoms. The van der Waals surface area contributed by atoms with E-state index in [4.69, 9.17) is 18.9 Å². The van der Waals surface area contributed by atoms with Crippen LogP contribution in [0.25, 0.3) is 11.4 Å². The van der Waals surface area contributed by atoms with Crippen molar-refractivity contribution in [3.63, 3.8) is 0 Å². The number of amides is 1. The summed E-state index contributed by atoms with van der Waals surface area (Å²) in [5.74, 6) is 1.91. The zero-order valence-corrected chi connectivity index (χ0v) is 15.4. The Morgan fingerprint density at radius 3 is 2.76 bits per heavy atom. The third kappa shape index (κ3) is 4.89. The van der Waals surface area contributed by atoms with E-state index in [0.717, 1.165) is 5.69 Å². The van der Waals surface area contributed by atoms with E-state index in [1.807, 2.05) is 18.2 Å². The number of fused-ring (bicyclic) bond motifs is 1. The molecule has 0 saturated carbocycles. The molecule has 29 heavy (non-hydrogen) atoms. The minimum atomic E-state index is -0.261. The number of benzene rings is 1. The number of carbonyl (C=O) groups excluding carboxylic acids is 1. The second kappa shape index (κ2) is 8.87. The minimum absolute atomic E-state index is 0.113. The molecule has 1 aliphatic rings. The molecular weight excluding hydrogens is 376 g/mol. The Kier molecular flexibility index (Phi) is 5.65. The summed E-state index contributed by atoms with van der Waals surface area (Å²) in [5, 5.41) is 10.8. The van der Waals surface area contributed by atoms with Gasteiger partial charge >= 0.3 is 0 Å². The predicted octanol–water partition coefficient (Wildman–Crippen LogP) is 1.84. The molecule has 9 nitrogen and oxygen atoms in total. The highest BCUT2D eigenvalue weighted by Gasteiger charge is 2.14. The van der Waals surface area contributed by atoms with Crippen LogP contribution in [-0.4, -0.2) is 47.6 Å². The highest BCUT2D eigenvalue weighted by Crippen LogP contribution is 2.34. The van der Waals surface area contributed by atoms with Crippen molar-refractivity contribution in [2.75, 3.05) is 26.6 Å². The molecule has 0 unspecified atom stereocenters. The van der Waals surface area contributed by atoms with Crippen LogP contribution >= 0.6 is 0 Å². The molecule has 1 aliphatic heterocycles. The topological polar surface area (TPSA) is 105 Å². The summed E-state index contributed by atoms with van der Waals surface area (Å²) >= 11 is 0. The highest BCUT2D eigenvalue weighted by molar-refractivity contribution is 5.77. The maximum absolute atomic E-state index is 11.9.